The van der Waals surface area contributed by atoms with Crippen LogP contribution >= 0.6 is 0 Å². The second-order valence-corrected chi connectivity index (χ2v) is 4.98. The summed E-state index contributed by atoms with van der Waals surface area (Å²) in [5.41, 5.74) is 1.10. The first-order chi connectivity index (χ1) is 9.15. The molecule has 1 aromatic carbocycles. The first-order valence-corrected chi connectivity index (χ1v) is 6.67. The molecule has 1 saturated heterocycles. The van der Waals surface area contributed by atoms with Crippen molar-refractivity contribution in [2.75, 3.05) is 19.6 Å². The molecule has 104 valence electrons. The Kier molecular flexibility index (Phi) is 4.76. The van der Waals surface area contributed by atoms with Crippen molar-refractivity contribution >= 4 is 5.91 Å². The number of phenols is 1. The normalized spacial score (nSPS) is 23.0. The first kappa shape index (κ1) is 13.8. The highest BCUT2D eigenvalue weighted by Gasteiger charge is 2.22. The van der Waals surface area contributed by atoms with Gasteiger partial charge >= 0.3 is 0 Å². The fourth-order valence-corrected chi connectivity index (χ4v) is 2.08. The molecular weight excluding hydrogens is 242 g/mol. The molecule has 1 amide bonds. The molecular formula is C14H21N3O2. The average molecular weight is 263 g/mol. The van der Waals surface area contributed by atoms with Crippen LogP contribution in [-0.2, 0) is 11.2 Å². The van der Waals surface area contributed by atoms with Crippen LogP contribution in [0.1, 0.15) is 12.5 Å². The van der Waals surface area contributed by atoms with Crippen molar-refractivity contribution in [3.05, 3.63) is 29.8 Å². The van der Waals surface area contributed by atoms with E-state index in [1.807, 2.05) is 12.1 Å². The largest absolute Gasteiger partial charge is 0.508 e. The van der Waals surface area contributed by atoms with E-state index in [4.69, 9.17) is 0 Å². The zero-order valence-electron chi connectivity index (χ0n) is 11.1. The zero-order chi connectivity index (χ0) is 13.7. The highest BCUT2D eigenvalue weighted by atomic mass is 16.3. The topological polar surface area (TPSA) is 73.4 Å². The molecule has 0 bridgehead atoms. The minimum atomic E-state index is -0.143. The Balaban J connectivity index is 1.70. The van der Waals surface area contributed by atoms with Gasteiger partial charge < -0.3 is 21.1 Å². The lowest BCUT2D eigenvalue weighted by atomic mass is 10.1. The fourth-order valence-electron chi connectivity index (χ4n) is 2.08. The minimum absolute atomic E-state index is 0.0400. The van der Waals surface area contributed by atoms with Crippen molar-refractivity contribution in [3.63, 3.8) is 0 Å². The number of hydrogen-bond acceptors (Lipinski definition) is 4. The summed E-state index contributed by atoms with van der Waals surface area (Å²) in [5.74, 6) is 0.303. The third-order valence-corrected chi connectivity index (χ3v) is 3.31. The Labute approximate surface area is 113 Å². The van der Waals surface area contributed by atoms with Crippen molar-refractivity contribution in [2.24, 2.45) is 0 Å². The Morgan fingerprint density at radius 3 is 2.68 bits per heavy atom. The van der Waals surface area contributed by atoms with Crippen LogP contribution in [0, 0.1) is 0 Å². The van der Waals surface area contributed by atoms with Crippen LogP contribution in [0.3, 0.4) is 0 Å². The molecule has 1 aliphatic rings. The molecule has 0 aromatic heterocycles. The van der Waals surface area contributed by atoms with E-state index in [-0.39, 0.29) is 17.7 Å². The Bertz CT molecular complexity index is 411. The summed E-state index contributed by atoms with van der Waals surface area (Å²) >= 11 is 0. The number of benzene rings is 1. The minimum Gasteiger partial charge on any atom is -0.508 e. The van der Waals surface area contributed by atoms with Crippen molar-refractivity contribution in [1.82, 2.24) is 16.0 Å². The second-order valence-electron chi connectivity index (χ2n) is 4.98. The van der Waals surface area contributed by atoms with E-state index >= 15 is 0 Å². The van der Waals surface area contributed by atoms with Gasteiger partial charge in [0, 0.05) is 25.7 Å². The van der Waals surface area contributed by atoms with Gasteiger partial charge in [0.2, 0.25) is 5.91 Å². The van der Waals surface area contributed by atoms with Gasteiger partial charge in [-0.2, -0.15) is 0 Å². The quantitative estimate of drug-likeness (QED) is 0.617. The van der Waals surface area contributed by atoms with Crippen LogP contribution in [0.5, 0.6) is 5.75 Å². The molecule has 4 N–H and O–H groups in total. The molecule has 0 saturated carbocycles. The number of piperazine rings is 1. The van der Waals surface area contributed by atoms with Gasteiger partial charge in [0.05, 0.1) is 6.04 Å². The number of rotatable bonds is 4. The molecule has 1 aliphatic heterocycles. The van der Waals surface area contributed by atoms with Crippen molar-refractivity contribution in [1.29, 1.82) is 0 Å². The van der Waals surface area contributed by atoms with Gasteiger partial charge in [-0.15, -0.1) is 0 Å². The maximum atomic E-state index is 11.9. The van der Waals surface area contributed by atoms with Crippen LogP contribution < -0.4 is 16.0 Å². The lowest BCUT2D eigenvalue weighted by molar-refractivity contribution is -0.123. The number of hydrogen-bond donors (Lipinski definition) is 4. The van der Waals surface area contributed by atoms with Gasteiger partial charge in [-0.25, -0.2) is 0 Å². The standard InChI is InChI=1S/C14H21N3O2/c1-10-8-17-13(9-16-10)14(19)15-7-6-11-2-4-12(18)5-3-11/h2-5,10,13,16-18H,6-9H2,1H3,(H,15,19). The summed E-state index contributed by atoms with van der Waals surface area (Å²) in [7, 11) is 0. The van der Waals surface area contributed by atoms with Crippen LogP contribution in [0.15, 0.2) is 24.3 Å². The summed E-state index contributed by atoms with van der Waals surface area (Å²) in [6.07, 6.45) is 0.766. The third kappa shape index (κ3) is 4.22. The number of aromatic hydroxyl groups is 1. The van der Waals surface area contributed by atoms with Gasteiger partial charge in [-0.1, -0.05) is 12.1 Å². The van der Waals surface area contributed by atoms with Gasteiger partial charge in [-0.05, 0) is 31.0 Å². The molecule has 1 fully saturated rings. The molecule has 0 radical (unpaired) electrons. The molecule has 0 spiro atoms. The van der Waals surface area contributed by atoms with Crippen molar-refractivity contribution < 1.29 is 9.90 Å². The monoisotopic (exact) mass is 263 g/mol. The number of carbonyl (C=O) groups is 1. The SMILES string of the molecule is CC1CNC(C(=O)NCCc2ccc(O)cc2)CN1. The predicted molar refractivity (Wildman–Crippen MR) is 74.1 cm³/mol. The first-order valence-electron chi connectivity index (χ1n) is 6.67. The molecule has 1 aromatic rings. The fraction of sp³-hybridized carbons (Fsp3) is 0.500. The Hall–Kier alpha value is -1.59. The number of phenolic OH excluding ortho intramolecular Hbond substituents is 1. The molecule has 19 heavy (non-hydrogen) atoms. The summed E-state index contributed by atoms with van der Waals surface area (Å²) in [5, 5.41) is 18.6. The van der Waals surface area contributed by atoms with Gasteiger partial charge in [0.25, 0.3) is 0 Å². The van der Waals surface area contributed by atoms with Crippen LogP contribution in [0.2, 0.25) is 0 Å². The maximum Gasteiger partial charge on any atom is 0.238 e. The number of nitrogens with one attached hydrogen (secondary N) is 3. The Morgan fingerprint density at radius 2 is 2.05 bits per heavy atom. The highest BCUT2D eigenvalue weighted by molar-refractivity contribution is 5.82. The Morgan fingerprint density at radius 1 is 1.32 bits per heavy atom. The molecule has 1 heterocycles. The third-order valence-electron chi connectivity index (χ3n) is 3.31. The number of carbonyl (C=O) groups excluding carboxylic acids is 1. The van der Waals surface area contributed by atoms with E-state index in [2.05, 4.69) is 22.9 Å². The molecule has 2 rings (SSSR count). The van der Waals surface area contributed by atoms with Crippen molar-refractivity contribution in [2.45, 2.75) is 25.4 Å². The molecule has 0 aliphatic carbocycles. The summed E-state index contributed by atoms with van der Waals surface area (Å²) in [6.45, 7) is 4.19. The zero-order valence-corrected chi connectivity index (χ0v) is 11.1. The second kappa shape index (κ2) is 6.54. The van der Waals surface area contributed by atoms with E-state index in [9.17, 15) is 9.90 Å². The van der Waals surface area contributed by atoms with Crippen molar-refractivity contribution in [3.8, 4) is 5.75 Å². The summed E-state index contributed by atoms with van der Waals surface area (Å²) in [6, 6.07) is 7.32. The summed E-state index contributed by atoms with van der Waals surface area (Å²) < 4.78 is 0. The van der Waals surface area contributed by atoms with Crippen LogP contribution in [0.25, 0.3) is 0 Å². The van der Waals surface area contributed by atoms with Crippen LogP contribution in [-0.4, -0.2) is 42.7 Å². The smallest absolute Gasteiger partial charge is 0.238 e. The molecule has 2 unspecified atom stereocenters. The van der Waals surface area contributed by atoms with Gasteiger partial charge in [0.1, 0.15) is 5.75 Å². The predicted octanol–water partition coefficient (Wildman–Crippen LogP) is 0.000800. The maximum absolute atomic E-state index is 11.9. The number of amides is 1. The van der Waals surface area contributed by atoms with E-state index in [1.54, 1.807) is 12.1 Å². The van der Waals surface area contributed by atoms with Crippen LogP contribution in [0.4, 0.5) is 0 Å². The lowest BCUT2D eigenvalue weighted by Crippen LogP contribution is -2.59. The molecule has 2 atom stereocenters. The van der Waals surface area contributed by atoms with E-state index in [0.29, 0.717) is 19.1 Å². The van der Waals surface area contributed by atoms with E-state index in [0.717, 1.165) is 18.5 Å². The lowest BCUT2D eigenvalue weighted by Gasteiger charge is -2.28. The summed E-state index contributed by atoms with van der Waals surface area (Å²) in [4.78, 5) is 11.9. The van der Waals surface area contributed by atoms with Gasteiger partial charge in [-0.3, -0.25) is 4.79 Å². The van der Waals surface area contributed by atoms with E-state index < -0.39 is 0 Å². The highest BCUT2D eigenvalue weighted by Crippen LogP contribution is 2.09. The van der Waals surface area contributed by atoms with Gasteiger partial charge in [0.15, 0.2) is 0 Å². The molecule has 5 nitrogen and oxygen atoms in total. The molecule has 5 heteroatoms. The average Bonchev–Trinajstić information content (AvgIpc) is 2.41. The van der Waals surface area contributed by atoms with E-state index in [1.165, 1.54) is 0 Å².